The number of nitrogens with two attached hydrogens (primary N) is 1. The van der Waals surface area contributed by atoms with E-state index in [2.05, 4.69) is 43.1 Å². The maximum absolute atomic E-state index is 5.50. The highest BCUT2D eigenvalue weighted by Gasteiger charge is 2.34. The first kappa shape index (κ1) is 17.3. The highest BCUT2D eigenvalue weighted by molar-refractivity contribution is 5.83. The molecule has 3 aliphatic carbocycles. The van der Waals surface area contributed by atoms with E-state index in [4.69, 9.17) is 5.73 Å². The van der Waals surface area contributed by atoms with Gasteiger partial charge >= 0.3 is 0 Å². The van der Waals surface area contributed by atoms with Crippen LogP contribution >= 0.6 is 0 Å². The summed E-state index contributed by atoms with van der Waals surface area (Å²) in [5.74, 6) is 2.96. The molecule has 3 aliphatic rings. The molecular formula is C22H32N2. The SMILES string of the molecule is CCC1=CC2CCC1C(CC)C2.NCCc1c[nH]c2ccccc12. The van der Waals surface area contributed by atoms with Crippen LogP contribution in [0.1, 0.15) is 51.5 Å². The molecule has 0 saturated heterocycles. The van der Waals surface area contributed by atoms with Crippen LogP contribution in [0.25, 0.3) is 10.9 Å². The summed E-state index contributed by atoms with van der Waals surface area (Å²) in [6, 6.07) is 8.29. The molecule has 1 aromatic heterocycles. The minimum absolute atomic E-state index is 0.710. The summed E-state index contributed by atoms with van der Waals surface area (Å²) in [6.07, 6.45) is 12.7. The van der Waals surface area contributed by atoms with E-state index in [0.29, 0.717) is 6.54 Å². The number of para-hydroxylation sites is 1. The lowest BCUT2D eigenvalue weighted by Crippen LogP contribution is -2.30. The number of rotatable bonds is 4. The Morgan fingerprint density at radius 2 is 2.00 bits per heavy atom. The number of fused-ring (bicyclic) bond motifs is 3. The fraction of sp³-hybridized carbons (Fsp3) is 0.545. The van der Waals surface area contributed by atoms with Gasteiger partial charge in [-0.25, -0.2) is 0 Å². The van der Waals surface area contributed by atoms with E-state index in [0.717, 1.165) is 24.2 Å². The lowest BCUT2D eigenvalue weighted by Gasteiger charge is -2.41. The van der Waals surface area contributed by atoms with Gasteiger partial charge in [-0.15, -0.1) is 0 Å². The number of hydrogen-bond acceptors (Lipinski definition) is 1. The molecule has 1 saturated carbocycles. The molecule has 24 heavy (non-hydrogen) atoms. The van der Waals surface area contributed by atoms with E-state index < -0.39 is 0 Å². The monoisotopic (exact) mass is 324 g/mol. The van der Waals surface area contributed by atoms with E-state index >= 15 is 0 Å². The summed E-state index contributed by atoms with van der Waals surface area (Å²) in [7, 11) is 0. The average molecular weight is 325 g/mol. The van der Waals surface area contributed by atoms with Crippen molar-refractivity contribution in [2.75, 3.05) is 6.54 Å². The van der Waals surface area contributed by atoms with Gasteiger partial charge in [0.2, 0.25) is 0 Å². The van der Waals surface area contributed by atoms with Crippen molar-refractivity contribution >= 4 is 10.9 Å². The second-order valence-corrected chi connectivity index (χ2v) is 7.34. The summed E-state index contributed by atoms with van der Waals surface area (Å²) in [6.45, 7) is 5.39. The van der Waals surface area contributed by atoms with Crippen LogP contribution in [0.5, 0.6) is 0 Å². The van der Waals surface area contributed by atoms with E-state index in [-0.39, 0.29) is 0 Å². The van der Waals surface area contributed by atoms with Gasteiger partial charge in [0.05, 0.1) is 0 Å². The maximum Gasteiger partial charge on any atom is 0.0456 e. The predicted molar refractivity (Wildman–Crippen MR) is 104 cm³/mol. The molecule has 0 amide bonds. The van der Waals surface area contributed by atoms with Crippen molar-refractivity contribution < 1.29 is 0 Å². The molecule has 2 heteroatoms. The zero-order chi connectivity index (χ0) is 16.9. The Bertz CT molecular complexity index is 682. The molecule has 1 heterocycles. The van der Waals surface area contributed by atoms with E-state index in [1.54, 1.807) is 5.57 Å². The normalized spacial score (nSPS) is 25.3. The second kappa shape index (κ2) is 8.02. The Hall–Kier alpha value is -1.54. The standard InChI is InChI=1S/C12H20.C10H12N2/c1-3-10-7-9-5-6-12(10)11(4-2)8-9;11-6-5-8-7-12-10-4-2-1-3-9(8)10/h7,9,11-12H,3-6,8H2,1-2H3;1-4,7,12H,5-6,11H2. The molecule has 3 unspecified atom stereocenters. The van der Waals surface area contributed by atoms with E-state index in [1.807, 2.05) is 12.3 Å². The Balaban J connectivity index is 0.000000141. The molecule has 1 fully saturated rings. The van der Waals surface area contributed by atoms with E-state index in [9.17, 15) is 0 Å². The van der Waals surface area contributed by atoms with Crippen LogP contribution in [0, 0.1) is 17.8 Å². The second-order valence-electron chi connectivity index (χ2n) is 7.34. The highest BCUT2D eigenvalue weighted by Crippen LogP contribution is 2.46. The molecule has 0 spiro atoms. The maximum atomic E-state index is 5.50. The summed E-state index contributed by atoms with van der Waals surface area (Å²) in [4.78, 5) is 3.22. The number of benzene rings is 1. The van der Waals surface area contributed by atoms with Gasteiger partial charge in [-0.3, -0.25) is 0 Å². The van der Waals surface area contributed by atoms with Crippen LogP contribution in [0.2, 0.25) is 0 Å². The third-order valence-corrected chi connectivity index (χ3v) is 5.97. The van der Waals surface area contributed by atoms with Gasteiger partial charge in [-0.1, -0.05) is 50.1 Å². The molecular weight excluding hydrogens is 292 g/mol. The van der Waals surface area contributed by atoms with Gasteiger partial charge in [0.25, 0.3) is 0 Å². The fourth-order valence-corrected chi connectivity index (χ4v) is 4.69. The third-order valence-electron chi connectivity index (χ3n) is 5.97. The molecule has 3 atom stereocenters. The Kier molecular flexibility index (Phi) is 5.78. The van der Waals surface area contributed by atoms with Crippen molar-refractivity contribution in [1.82, 2.24) is 4.98 Å². The zero-order valence-electron chi connectivity index (χ0n) is 15.2. The number of aromatic nitrogens is 1. The quantitative estimate of drug-likeness (QED) is 0.722. The Labute approximate surface area is 146 Å². The van der Waals surface area contributed by atoms with Crippen molar-refractivity contribution in [3.63, 3.8) is 0 Å². The lowest BCUT2D eigenvalue weighted by atomic mass is 9.64. The predicted octanol–water partition coefficient (Wildman–Crippen LogP) is 5.45. The Morgan fingerprint density at radius 3 is 2.71 bits per heavy atom. The number of nitrogens with one attached hydrogen (secondary N) is 1. The van der Waals surface area contributed by atoms with Crippen LogP contribution in [0.15, 0.2) is 42.1 Å². The molecule has 0 radical (unpaired) electrons. The van der Waals surface area contributed by atoms with Gasteiger partial charge < -0.3 is 10.7 Å². The summed E-state index contributed by atoms with van der Waals surface area (Å²) >= 11 is 0. The van der Waals surface area contributed by atoms with Crippen LogP contribution in [-0.2, 0) is 6.42 Å². The van der Waals surface area contributed by atoms with Crippen LogP contribution in [0.3, 0.4) is 0 Å². The molecule has 1 aromatic carbocycles. The summed E-state index contributed by atoms with van der Waals surface area (Å²) in [5.41, 5.74) is 9.79. The number of hydrogen-bond donors (Lipinski definition) is 2. The topological polar surface area (TPSA) is 41.8 Å². The van der Waals surface area contributed by atoms with Crippen molar-refractivity contribution in [2.45, 2.75) is 52.4 Å². The average Bonchev–Trinajstić information content (AvgIpc) is 3.06. The minimum atomic E-state index is 0.710. The van der Waals surface area contributed by atoms with Gasteiger partial charge in [0.15, 0.2) is 0 Å². The first-order chi connectivity index (χ1) is 11.8. The van der Waals surface area contributed by atoms with Crippen molar-refractivity contribution in [2.24, 2.45) is 23.5 Å². The molecule has 5 rings (SSSR count). The minimum Gasteiger partial charge on any atom is -0.361 e. The smallest absolute Gasteiger partial charge is 0.0456 e. The van der Waals surface area contributed by atoms with Gasteiger partial charge in [0, 0.05) is 17.1 Å². The van der Waals surface area contributed by atoms with Gasteiger partial charge in [-0.2, -0.15) is 0 Å². The highest BCUT2D eigenvalue weighted by atomic mass is 14.7. The zero-order valence-corrected chi connectivity index (χ0v) is 15.2. The first-order valence-electron chi connectivity index (χ1n) is 9.72. The third kappa shape index (κ3) is 3.59. The summed E-state index contributed by atoms with van der Waals surface area (Å²) in [5, 5.41) is 1.29. The van der Waals surface area contributed by atoms with Crippen LogP contribution < -0.4 is 5.73 Å². The van der Waals surface area contributed by atoms with Gasteiger partial charge in [-0.05, 0) is 68.0 Å². The lowest BCUT2D eigenvalue weighted by molar-refractivity contribution is 0.198. The largest absolute Gasteiger partial charge is 0.361 e. The molecule has 130 valence electrons. The molecule has 0 aliphatic heterocycles. The van der Waals surface area contributed by atoms with Crippen molar-refractivity contribution in [3.05, 3.63) is 47.7 Å². The van der Waals surface area contributed by atoms with E-state index in [1.165, 1.54) is 48.6 Å². The number of aromatic amines is 1. The molecule has 2 bridgehead atoms. The van der Waals surface area contributed by atoms with Crippen molar-refractivity contribution in [1.29, 1.82) is 0 Å². The number of H-pyrrole nitrogens is 1. The van der Waals surface area contributed by atoms with Crippen LogP contribution in [-0.4, -0.2) is 11.5 Å². The van der Waals surface area contributed by atoms with Crippen LogP contribution in [0.4, 0.5) is 0 Å². The molecule has 2 nitrogen and oxygen atoms in total. The Morgan fingerprint density at radius 1 is 1.17 bits per heavy atom. The first-order valence-corrected chi connectivity index (χ1v) is 9.72. The molecule has 2 aromatic rings. The van der Waals surface area contributed by atoms with Crippen molar-refractivity contribution in [3.8, 4) is 0 Å². The molecule has 3 N–H and O–H groups in total. The fourth-order valence-electron chi connectivity index (χ4n) is 4.69. The summed E-state index contributed by atoms with van der Waals surface area (Å²) < 4.78 is 0. The van der Waals surface area contributed by atoms with Gasteiger partial charge in [0.1, 0.15) is 0 Å². The number of allylic oxidation sites excluding steroid dienone is 2.